The van der Waals surface area contributed by atoms with E-state index in [0.29, 0.717) is 5.56 Å². The van der Waals surface area contributed by atoms with Gasteiger partial charge in [-0.25, -0.2) is 0 Å². The van der Waals surface area contributed by atoms with Gasteiger partial charge in [0.25, 0.3) is 0 Å². The monoisotopic (exact) mass is 405 g/mol. The Balaban J connectivity index is 2.59. The van der Waals surface area contributed by atoms with Gasteiger partial charge in [-0.1, -0.05) is 6.07 Å². The first-order valence-corrected chi connectivity index (χ1v) is 9.73. The molecule has 2 rings (SSSR count). The van der Waals surface area contributed by atoms with Crippen molar-refractivity contribution in [2.24, 2.45) is 11.8 Å². The van der Waals surface area contributed by atoms with Crippen LogP contribution in [0.2, 0.25) is 0 Å². The zero-order valence-corrected chi connectivity index (χ0v) is 18.2. The van der Waals surface area contributed by atoms with Crippen molar-refractivity contribution < 1.29 is 29.0 Å². The molecule has 1 aliphatic rings. The van der Waals surface area contributed by atoms with Gasteiger partial charge in [-0.15, -0.1) is 0 Å². The number of ketones is 1. The summed E-state index contributed by atoms with van der Waals surface area (Å²) < 4.78 is 11.0. The topological polar surface area (TPSA) is 103 Å². The van der Waals surface area contributed by atoms with Crippen LogP contribution in [-0.2, 0) is 23.9 Å². The number of Topliss-reactive ketones (excluding diaryl/α,β-unsaturated/α-hetero) is 1. The molecule has 0 unspecified atom stereocenters. The van der Waals surface area contributed by atoms with Crippen molar-refractivity contribution in [2.75, 3.05) is 0 Å². The van der Waals surface area contributed by atoms with Crippen LogP contribution in [0.15, 0.2) is 24.5 Å². The van der Waals surface area contributed by atoms with Crippen molar-refractivity contribution in [1.29, 1.82) is 0 Å². The number of carbonyl (C=O) groups is 3. The summed E-state index contributed by atoms with van der Waals surface area (Å²) in [5.74, 6) is -5.20. The highest BCUT2D eigenvalue weighted by molar-refractivity contribution is 6.03. The molecule has 160 valence electrons. The van der Waals surface area contributed by atoms with Gasteiger partial charge in [0.1, 0.15) is 17.1 Å². The van der Waals surface area contributed by atoms with Crippen LogP contribution in [0, 0.1) is 11.8 Å². The van der Waals surface area contributed by atoms with E-state index in [-0.39, 0.29) is 6.42 Å². The van der Waals surface area contributed by atoms with Gasteiger partial charge in [-0.05, 0) is 60.1 Å². The third kappa shape index (κ3) is 5.63. The number of esters is 2. The number of carbonyl (C=O) groups excluding carboxylic acids is 3. The van der Waals surface area contributed by atoms with Crippen molar-refractivity contribution in [3.63, 3.8) is 0 Å². The highest BCUT2D eigenvalue weighted by atomic mass is 16.6. The van der Waals surface area contributed by atoms with E-state index in [1.165, 1.54) is 13.1 Å². The predicted molar refractivity (Wildman–Crippen MR) is 106 cm³/mol. The Bertz CT molecular complexity index is 773. The quantitative estimate of drug-likeness (QED) is 0.609. The van der Waals surface area contributed by atoms with E-state index in [4.69, 9.17) is 9.47 Å². The second-order valence-electron chi connectivity index (χ2n) is 9.83. The van der Waals surface area contributed by atoms with Crippen LogP contribution in [0.25, 0.3) is 0 Å². The maximum Gasteiger partial charge on any atom is 0.317 e. The number of pyridine rings is 1. The lowest BCUT2D eigenvalue weighted by Crippen LogP contribution is -2.56. The zero-order chi connectivity index (χ0) is 22.2. The number of aliphatic hydroxyl groups is 1. The van der Waals surface area contributed by atoms with Gasteiger partial charge in [0, 0.05) is 24.7 Å². The molecule has 1 aliphatic carbocycles. The van der Waals surface area contributed by atoms with E-state index in [1.807, 2.05) is 0 Å². The molecule has 1 N–H and O–H groups in total. The van der Waals surface area contributed by atoms with Crippen molar-refractivity contribution in [1.82, 2.24) is 4.98 Å². The van der Waals surface area contributed by atoms with Crippen LogP contribution < -0.4 is 0 Å². The Kier molecular flexibility index (Phi) is 6.23. The molecule has 0 saturated heterocycles. The Morgan fingerprint density at radius 2 is 1.66 bits per heavy atom. The van der Waals surface area contributed by atoms with Crippen LogP contribution in [-0.4, -0.2) is 44.6 Å². The van der Waals surface area contributed by atoms with Gasteiger partial charge in [-0.2, -0.15) is 0 Å². The highest BCUT2D eigenvalue weighted by Crippen LogP contribution is 2.47. The van der Waals surface area contributed by atoms with Crippen LogP contribution in [0.5, 0.6) is 0 Å². The summed E-state index contributed by atoms with van der Waals surface area (Å²) in [6.45, 7) is 11.7. The van der Waals surface area contributed by atoms with E-state index in [0.717, 1.165) is 0 Å². The standard InChI is InChI=1S/C22H31NO6/c1-20(2,3)28-18(25)16-14(24)11-22(7,27)17(19(26)29-21(4,5)6)15(16)13-9-8-10-23-12-13/h8-10,12,15-17,27H,11H2,1-7H3/t15-,16-,17+,22-/m0/s1. The average molecular weight is 405 g/mol. The molecule has 7 heteroatoms. The first kappa shape index (κ1) is 23.0. The minimum absolute atomic E-state index is 0.350. The normalized spacial score (nSPS) is 28.0. The van der Waals surface area contributed by atoms with Crippen molar-refractivity contribution in [3.8, 4) is 0 Å². The first-order valence-electron chi connectivity index (χ1n) is 9.73. The molecule has 0 aromatic carbocycles. The Labute approximate surface area is 171 Å². The van der Waals surface area contributed by atoms with Gasteiger partial charge < -0.3 is 14.6 Å². The van der Waals surface area contributed by atoms with E-state index in [9.17, 15) is 19.5 Å². The van der Waals surface area contributed by atoms with Crippen LogP contribution in [0.3, 0.4) is 0 Å². The van der Waals surface area contributed by atoms with Gasteiger partial charge in [0.2, 0.25) is 0 Å². The SMILES string of the molecule is CC(C)(C)OC(=O)[C@H]1C(=O)C[C@](C)(O)[C@@H](C(=O)OC(C)(C)C)[C@H]1c1cccnc1. The molecule has 0 aliphatic heterocycles. The average Bonchev–Trinajstić information content (AvgIpc) is 2.50. The van der Waals surface area contributed by atoms with E-state index in [2.05, 4.69) is 4.98 Å². The second kappa shape index (κ2) is 7.86. The number of hydrogen-bond acceptors (Lipinski definition) is 7. The van der Waals surface area contributed by atoms with Crippen molar-refractivity contribution in [2.45, 2.75) is 77.6 Å². The minimum Gasteiger partial charge on any atom is -0.460 e. The first-order chi connectivity index (χ1) is 13.1. The molecule has 0 bridgehead atoms. The fourth-order valence-electron chi connectivity index (χ4n) is 3.72. The summed E-state index contributed by atoms with van der Waals surface area (Å²) in [4.78, 5) is 43.1. The molecule has 1 aromatic rings. The van der Waals surface area contributed by atoms with E-state index < -0.39 is 52.3 Å². The molecular formula is C22H31NO6. The van der Waals surface area contributed by atoms with E-state index in [1.54, 1.807) is 59.9 Å². The number of rotatable bonds is 3. The summed E-state index contributed by atoms with van der Waals surface area (Å²) in [5, 5.41) is 11.0. The Morgan fingerprint density at radius 1 is 1.10 bits per heavy atom. The van der Waals surface area contributed by atoms with Gasteiger partial charge >= 0.3 is 11.9 Å². The Morgan fingerprint density at radius 3 is 2.14 bits per heavy atom. The fraction of sp³-hybridized carbons (Fsp3) is 0.636. The molecule has 29 heavy (non-hydrogen) atoms. The van der Waals surface area contributed by atoms with Gasteiger partial charge in [0.15, 0.2) is 5.78 Å². The molecule has 1 heterocycles. The summed E-state index contributed by atoms with van der Waals surface area (Å²) in [6.07, 6.45) is 2.70. The molecule has 1 saturated carbocycles. The summed E-state index contributed by atoms with van der Waals surface area (Å²) in [5.41, 5.74) is -2.79. The fourth-order valence-corrected chi connectivity index (χ4v) is 3.72. The largest absolute Gasteiger partial charge is 0.460 e. The molecule has 0 spiro atoms. The van der Waals surface area contributed by atoms with Crippen LogP contribution >= 0.6 is 0 Å². The molecular weight excluding hydrogens is 374 g/mol. The maximum atomic E-state index is 13.1. The van der Waals surface area contributed by atoms with Crippen LogP contribution in [0.4, 0.5) is 0 Å². The third-order valence-electron chi connectivity index (χ3n) is 4.66. The van der Waals surface area contributed by atoms with Crippen molar-refractivity contribution >= 4 is 17.7 Å². The summed E-state index contributed by atoms with van der Waals surface area (Å²) >= 11 is 0. The smallest absolute Gasteiger partial charge is 0.317 e. The Hall–Kier alpha value is -2.28. The molecule has 1 fully saturated rings. The van der Waals surface area contributed by atoms with Gasteiger partial charge in [0.05, 0.1) is 11.5 Å². The van der Waals surface area contributed by atoms with Gasteiger partial charge in [-0.3, -0.25) is 19.4 Å². The third-order valence-corrected chi connectivity index (χ3v) is 4.66. The van der Waals surface area contributed by atoms with Crippen molar-refractivity contribution in [3.05, 3.63) is 30.1 Å². The second-order valence-corrected chi connectivity index (χ2v) is 9.83. The lowest BCUT2D eigenvalue weighted by Gasteiger charge is -2.44. The van der Waals surface area contributed by atoms with E-state index >= 15 is 0 Å². The maximum absolute atomic E-state index is 13.1. The molecule has 4 atom stereocenters. The predicted octanol–water partition coefficient (Wildman–Crippen LogP) is 2.80. The molecule has 0 radical (unpaired) electrons. The highest BCUT2D eigenvalue weighted by Gasteiger charge is 2.57. The van der Waals surface area contributed by atoms with Crippen LogP contribution in [0.1, 0.15) is 66.4 Å². The zero-order valence-electron chi connectivity index (χ0n) is 18.2. The molecule has 0 amide bonds. The number of ether oxygens (including phenoxy) is 2. The summed E-state index contributed by atoms with van der Waals surface area (Å²) in [6, 6.07) is 3.34. The molecule has 7 nitrogen and oxygen atoms in total. The lowest BCUT2D eigenvalue weighted by atomic mass is 9.62. The number of hydrogen-bond donors (Lipinski definition) is 1. The minimum atomic E-state index is -1.68. The lowest BCUT2D eigenvalue weighted by molar-refractivity contribution is -0.182. The molecule has 1 aromatic heterocycles. The number of nitrogens with zero attached hydrogens (tertiary/aromatic N) is 1. The summed E-state index contributed by atoms with van der Waals surface area (Å²) in [7, 11) is 0. The number of aromatic nitrogens is 1.